The molecule has 0 aliphatic heterocycles. The van der Waals surface area contributed by atoms with Crippen molar-refractivity contribution in [3.63, 3.8) is 0 Å². The second kappa shape index (κ2) is 5.94. The summed E-state index contributed by atoms with van der Waals surface area (Å²) in [6, 6.07) is 4.05. The van der Waals surface area contributed by atoms with Gasteiger partial charge in [0.05, 0.1) is 5.56 Å². The summed E-state index contributed by atoms with van der Waals surface area (Å²) in [4.78, 5) is 0. The van der Waals surface area contributed by atoms with Gasteiger partial charge in [0.15, 0.2) is 0 Å². The summed E-state index contributed by atoms with van der Waals surface area (Å²) in [5, 5.41) is 0. The molecule has 0 saturated heterocycles. The van der Waals surface area contributed by atoms with E-state index >= 15 is 0 Å². The van der Waals surface area contributed by atoms with Crippen LogP contribution in [0.25, 0.3) is 0 Å². The predicted molar refractivity (Wildman–Crippen MR) is 63.7 cm³/mol. The summed E-state index contributed by atoms with van der Waals surface area (Å²) in [5.41, 5.74) is 5.32. The first kappa shape index (κ1) is 13.9. The maximum Gasteiger partial charge on any atom is 0.416 e. The molecule has 4 heteroatoms. The molecule has 0 saturated carbocycles. The van der Waals surface area contributed by atoms with Crippen molar-refractivity contribution in [3.8, 4) is 0 Å². The summed E-state index contributed by atoms with van der Waals surface area (Å²) in [5.74, 6) is 0. The van der Waals surface area contributed by atoms with E-state index < -0.39 is 11.7 Å². The van der Waals surface area contributed by atoms with Gasteiger partial charge in [-0.3, -0.25) is 0 Å². The smallest absolute Gasteiger partial charge is 0.399 e. The first-order valence-electron chi connectivity index (χ1n) is 5.90. The Bertz CT molecular complexity index is 358. The van der Waals surface area contributed by atoms with Crippen molar-refractivity contribution >= 4 is 5.69 Å². The third kappa shape index (κ3) is 4.29. The molecule has 0 fully saturated rings. The molecule has 1 rings (SSSR count). The van der Waals surface area contributed by atoms with E-state index in [1.54, 1.807) is 0 Å². The van der Waals surface area contributed by atoms with Gasteiger partial charge in [0.2, 0.25) is 0 Å². The molecule has 0 unspecified atom stereocenters. The summed E-state index contributed by atoms with van der Waals surface area (Å²) in [6.45, 7) is 2.07. The highest BCUT2D eigenvalue weighted by atomic mass is 19.4. The van der Waals surface area contributed by atoms with Crippen LogP contribution < -0.4 is 5.73 Å². The third-order valence-corrected chi connectivity index (χ3v) is 2.74. The highest BCUT2D eigenvalue weighted by Gasteiger charge is 2.33. The van der Waals surface area contributed by atoms with E-state index in [9.17, 15) is 13.2 Å². The van der Waals surface area contributed by atoms with Crippen molar-refractivity contribution in [2.45, 2.75) is 45.2 Å². The van der Waals surface area contributed by atoms with Crippen LogP contribution in [0.1, 0.15) is 43.7 Å². The standard InChI is InChI=1S/C13H18F3N/c1-2-3-4-5-6-10-7-8-11(17)9-12(10)13(14,15)16/h7-9H,2-6,17H2,1H3. The molecule has 0 heterocycles. The fourth-order valence-corrected chi connectivity index (χ4v) is 1.82. The van der Waals surface area contributed by atoms with Crippen LogP contribution in [-0.4, -0.2) is 0 Å². The Morgan fingerprint density at radius 3 is 2.41 bits per heavy atom. The molecule has 0 aliphatic rings. The molecule has 0 amide bonds. The molecule has 96 valence electrons. The highest BCUT2D eigenvalue weighted by Crippen LogP contribution is 2.34. The van der Waals surface area contributed by atoms with Gasteiger partial charge in [0, 0.05) is 5.69 Å². The van der Waals surface area contributed by atoms with Gasteiger partial charge in [-0.05, 0) is 30.5 Å². The lowest BCUT2D eigenvalue weighted by Crippen LogP contribution is -2.10. The van der Waals surface area contributed by atoms with E-state index in [1.807, 2.05) is 0 Å². The lowest BCUT2D eigenvalue weighted by molar-refractivity contribution is -0.138. The molecule has 17 heavy (non-hydrogen) atoms. The van der Waals surface area contributed by atoms with Crippen LogP contribution in [0.15, 0.2) is 18.2 Å². The van der Waals surface area contributed by atoms with Crippen molar-refractivity contribution < 1.29 is 13.2 Å². The quantitative estimate of drug-likeness (QED) is 0.603. The minimum Gasteiger partial charge on any atom is -0.399 e. The Hall–Kier alpha value is -1.19. The zero-order chi connectivity index (χ0) is 12.9. The molecular formula is C13H18F3N. The first-order valence-corrected chi connectivity index (χ1v) is 5.90. The number of unbranched alkanes of at least 4 members (excludes halogenated alkanes) is 3. The lowest BCUT2D eigenvalue weighted by Gasteiger charge is -2.13. The maximum absolute atomic E-state index is 12.7. The predicted octanol–water partition coefficient (Wildman–Crippen LogP) is 4.41. The molecule has 1 aromatic rings. The van der Waals surface area contributed by atoms with Gasteiger partial charge < -0.3 is 5.73 Å². The number of aryl methyl sites for hydroxylation is 1. The Balaban J connectivity index is 2.77. The largest absolute Gasteiger partial charge is 0.416 e. The number of anilines is 1. The second-order valence-electron chi connectivity index (χ2n) is 4.23. The molecule has 0 bridgehead atoms. The van der Waals surface area contributed by atoms with Crippen molar-refractivity contribution in [3.05, 3.63) is 29.3 Å². The van der Waals surface area contributed by atoms with Gasteiger partial charge in [-0.15, -0.1) is 0 Å². The molecule has 0 atom stereocenters. The molecule has 2 N–H and O–H groups in total. The fourth-order valence-electron chi connectivity index (χ4n) is 1.82. The van der Waals surface area contributed by atoms with Crippen LogP contribution in [0.4, 0.5) is 18.9 Å². The molecule has 0 aromatic heterocycles. The lowest BCUT2D eigenvalue weighted by atomic mass is 10.00. The fraction of sp³-hybridized carbons (Fsp3) is 0.538. The number of rotatable bonds is 5. The van der Waals surface area contributed by atoms with E-state index in [1.165, 1.54) is 12.1 Å². The van der Waals surface area contributed by atoms with Gasteiger partial charge in [0.1, 0.15) is 0 Å². The van der Waals surface area contributed by atoms with E-state index in [4.69, 9.17) is 5.73 Å². The molecule has 1 aromatic carbocycles. The van der Waals surface area contributed by atoms with Gasteiger partial charge in [-0.25, -0.2) is 0 Å². The molecule has 0 aliphatic carbocycles. The van der Waals surface area contributed by atoms with E-state index in [0.717, 1.165) is 31.7 Å². The van der Waals surface area contributed by atoms with Crippen LogP contribution >= 0.6 is 0 Å². The molecule has 0 radical (unpaired) electrons. The van der Waals surface area contributed by atoms with Crippen molar-refractivity contribution in [1.82, 2.24) is 0 Å². The SMILES string of the molecule is CCCCCCc1ccc(N)cc1C(F)(F)F. The average Bonchev–Trinajstić information content (AvgIpc) is 2.25. The van der Waals surface area contributed by atoms with Gasteiger partial charge in [-0.1, -0.05) is 32.3 Å². The Morgan fingerprint density at radius 2 is 1.82 bits per heavy atom. The van der Waals surface area contributed by atoms with E-state index in [2.05, 4.69) is 6.92 Å². The average molecular weight is 245 g/mol. The summed E-state index contributed by atoms with van der Waals surface area (Å²) in [7, 11) is 0. The minimum absolute atomic E-state index is 0.162. The van der Waals surface area contributed by atoms with E-state index in [-0.39, 0.29) is 5.69 Å². The molecule has 1 nitrogen and oxygen atoms in total. The number of nitrogens with two attached hydrogens (primary N) is 1. The van der Waals surface area contributed by atoms with Crippen LogP contribution in [0.5, 0.6) is 0 Å². The third-order valence-electron chi connectivity index (χ3n) is 2.74. The monoisotopic (exact) mass is 245 g/mol. The van der Waals surface area contributed by atoms with Crippen molar-refractivity contribution in [2.75, 3.05) is 5.73 Å². The van der Waals surface area contributed by atoms with Crippen molar-refractivity contribution in [2.24, 2.45) is 0 Å². The van der Waals surface area contributed by atoms with Gasteiger partial charge in [0.25, 0.3) is 0 Å². The number of nitrogen functional groups attached to an aromatic ring is 1. The van der Waals surface area contributed by atoms with Gasteiger partial charge >= 0.3 is 6.18 Å². The molecular weight excluding hydrogens is 227 g/mol. The van der Waals surface area contributed by atoms with Gasteiger partial charge in [-0.2, -0.15) is 13.2 Å². The van der Waals surface area contributed by atoms with Crippen LogP contribution in [-0.2, 0) is 12.6 Å². The van der Waals surface area contributed by atoms with Crippen LogP contribution in [0.2, 0.25) is 0 Å². The Labute approximate surface area is 99.8 Å². The summed E-state index contributed by atoms with van der Waals surface area (Å²) >= 11 is 0. The number of halogens is 3. The number of hydrogen-bond donors (Lipinski definition) is 1. The molecule has 0 spiro atoms. The Kier molecular flexibility index (Phi) is 4.85. The minimum atomic E-state index is -4.31. The van der Waals surface area contributed by atoms with E-state index in [0.29, 0.717) is 12.0 Å². The normalized spacial score (nSPS) is 11.8. The Morgan fingerprint density at radius 1 is 1.12 bits per heavy atom. The summed E-state index contributed by atoms with van der Waals surface area (Å²) in [6.07, 6.45) is 0.0633. The zero-order valence-electron chi connectivity index (χ0n) is 9.98. The highest BCUT2D eigenvalue weighted by molar-refractivity contribution is 5.46. The van der Waals surface area contributed by atoms with Crippen LogP contribution in [0.3, 0.4) is 0 Å². The zero-order valence-corrected chi connectivity index (χ0v) is 9.98. The first-order chi connectivity index (χ1) is 7.95. The van der Waals surface area contributed by atoms with Crippen molar-refractivity contribution in [1.29, 1.82) is 0 Å². The van der Waals surface area contributed by atoms with Crippen LogP contribution in [0, 0.1) is 0 Å². The number of alkyl halides is 3. The maximum atomic E-state index is 12.7. The number of hydrogen-bond acceptors (Lipinski definition) is 1. The topological polar surface area (TPSA) is 26.0 Å². The second-order valence-corrected chi connectivity index (χ2v) is 4.23. The summed E-state index contributed by atoms with van der Waals surface area (Å²) < 4.78 is 38.2. The number of benzene rings is 1.